The van der Waals surface area contributed by atoms with Gasteiger partial charge in [0.05, 0.1) is 17.3 Å². The summed E-state index contributed by atoms with van der Waals surface area (Å²) >= 11 is 0. The number of carbonyl (C=O) groups is 4. The Balaban J connectivity index is 1.14. The molecule has 4 amide bonds. The van der Waals surface area contributed by atoms with Crippen molar-refractivity contribution in [1.82, 2.24) is 35.0 Å². The van der Waals surface area contributed by atoms with Crippen LogP contribution in [0.25, 0.3) is 21.7 Å². The number of pyridine rings is 1. The van der Waals surface area contributed by atoms with Gasteiger partial charge in [-0.15, -0.1) is 0 Å². The molecule has 3 N–H and O–H groups in total. The third kappa shape index (κ3) is 7.77. The summed E-state index contributed by atoms with van der Waals surface area (Å²) in [5.41, 5.74) is -0.469. The number of para-hydroxylation sites is 1. The van der Waals surface area contributed by atoms with Crippen LogP contribution in [0.4, 0.5) is 8.78 Å². The van der Waals surface area contributed by atoms with Crippen molar-refractivity contribution in [2.45, 2.75) is 106 Å². The zero-order valence-electron chi connectivity index (χ0n) is 31.7. The molecule has 2 aliphatic heterocycles. The van der Waals surface area contributed by atoms with E-state index in [0.29, 0.717) is 42.3 Å². The predicted molar refractivity (Wildman–Crippen MR) is 205 cm³/mol. The van der Waals surface area contributed by atoms with Gasteiger partial charge in [0.1, 0.15) is 29.4 Å². The fraction of sp³-hybridized carbons (Fsp3) is 0.500. The third-order valence-electron chi connectivity index (χ3n) is 11.8. The van der Waals surface area contributed by atoms with Crippen LogP contribution in [0.2, 0.25) is 0 Å². The number of nitrogens with one attached hydrogen (secondary N) is 3. The van der Waals surface area contributed by atoms with Gasteiger partial charge in [0.25, 0.3) is 11.8 Å². The Kier molecular flexibility index (Phi) is 9.93. The number of hydrogen-bond acceptors (Lipinski definition) is 9. The lowest BCUT2D eigenvalue weighted by Crippen LogP contribution is -2.58. The predicted octanol–water partition coefficient (Wildman–Crippen LogP) is 4.05. The molecule has 302 valence electrons. The Hall–Kier alpha value is -5.19. The maximum absolute atomic E-state index is 15.4. The second kappa shape index (κ2) is 14.6. The van der Waals surface area contributed by atoms with Gasteiger partial charge >= 0.3 is 0 Å². The normalized spacial score (nSPS) is 26.8. The average molecular weight is 806 g/mol. The molecule has 17 heteroatoms. The largest absolute Gasteiger partial charge is 0.472 e. The molecule has 2 aromatic heterocycles. The topological polar surface area (TPSA) is 182 Å². The first-order valence-corrected chi connectivity index (χ1v) is 21.0. The number of alkyl halides is 2. The summed E-state index contributed by atoms with van der Waals surface area (Å²) in [6.07, 6.45) is -0.725. The van der Waals surface area contributed by atoms with Crippen LogP contribution < -0.4 is 20.1 Å². The number of rotatable bonds is 7. The molecule has 4 aromatic rings. The Morgan fingerprint density at radius 3 is 2.40 bits per heavy atom. The summed E-state index contributed by atoms with van der Waals surface area (Å²) in [5, 5.41) is 11.4. The lowest BCUT2D eigenvalue weighted by Gasteiger charge is -2.30. The fourth-order valence-electron chi connectivity index (χ4n) is 8.28. The van der Waals surface area contributed by atoms with E-state index in [1.54, 1.807) is 20.0 Å². The minimum Gasteiger partial charge on any atom is -0.472 e. The highest BCUT2D eigenvalue weighted by molar-refractivity contribution is 7.91. The average Bonchev–Trinajstić information content (AvgIpc) is 4.07. The highest BCUT2D eigenvalue weighted by atomic mass is 32.2. The minimum absolute atomic E-state index is 0.0700. The Labute approximate surface area is 328 Å². The number of ether oxygens (including phenoxy) is 1. The minimum atomic E-state index is -4.08. The SMILES string of the molecule is Cc1cc(C(=O)N[C@H]2CCCCCC(F)(F)C[C@@H]3C[C@@]3(C(=O)NS(=O)(=O)C3CC3)NC(=O)[C@@H]3C[C@@H](Oc4nc5ccccc5c5ccccc45)CN3C2=O)nn1C. The van der Waals surface area contributed by atoms with Crippen LogP contribution in [0.15, 0.2) is 54.6 Å². The molecule has 57 heavy (non-hydrogen) atoms. The first kappa shape index (κ1) is 38.7. The Morgan fingerprint density at radius 2 is 1.68 bits per heavy atom. The summed E-state index contributed by atoms with van der Waals surface area (Å²) in [4.78, 5) is 62.5. The van der Waals surface area contributed by atoms with Gasteiger partial charge in [0, 0.05) is 42.8 Å². The number of hydrogen-bond donors (Lipinski definition) is 3. The lowest BCUT2D eigenvalue weighted by atomic mass is 10.00. The molecule has 0 bridgehead atoms. The van der Waals surface area contributed by atoms with Crippen LogP contribution in [-0.2, 0) is 31.5 Å². The van der Waals surface area contributed by atoms with E-state index in [-0.39, 0.29) is 43.8 Å². The highest BCUT2D eigenvalue weighted by Crippen LogP contribution is 2.51. The standard InChI is InChI=1S/C40H45F2N7O7S/c1-23-18-32(46-48(23)2)34(50)43-31-14-4-3-9-17-39(41,42)20-24-21-40(24,38(53)47-57(54,55)26-15-16-26)45-35(51)33-19-25(22-49(33)37(31)52)56-36-29-12-6-5-10-27(29)28-11-7-8-13-30(28)44-36/h5-8,10-13,18,24-26,31,33H,3-4,9,14-17,19-22H2,1-2H3,(H,43,50)(H,45,51)(H,47,53)/t24-,25-,31+,33+,40-/m1/s1. The fourth-order valence-corrected chi connectivity index (χ4v) is 9.64. The Morgan fingerprint density at radius 1 is 0.965 bits per heavy atom. The van der Waals surface area contributed by atoms with Gasteiger partial charge in [-0.2, -0.15) is 5.10 Å². The van der Waals surface area contributed by atoms with E-state index in [1.165, 1.54) is 9.58 Å². The molecule has 2 saturated heterocycles. The number of benzene rings is 2. The van der Waals surface area contributed by atoms with Crippen LogP contribution in [0.1, 0.15) is 80.4 Å². The quantitative estimate of drug-likeness (QED) is 0.232. The van der Waals surface area contributed by atoms with E-state index in [1.807, 2.05) is 48.5 Å². The second-order valence-electron chi connectivity index (χ2n) is 16.0. The van der Waals surface area contributed by atoms with E-state index in [9.17, 15) is 27.6 Å². The number of sulfonamides is 1. The molecule has 8 rings (SSSR count). The Bertz CT molecular complexity index is 2370. The molecule has 4 fully saturated rings. The summed E-state index contributed by atoms with van der Waals surface area (Å²) in [7, 11) is -2.40. The highest BCUT2D eigenvalue weighted by Gasteiger charge is 2.65. The van der Waals surface area contributed by atoms with Crippen molar-refractivity contribution in [1.29, 1.82) is 0 Å². The summed E-state index contributed by atoms with van der Waals surface area (Å²) in [6.45, 7) is 1.67. The lowest BCUT2D eigenvalue weighted by molar-refractivity contribution is -0.141. The van der Waals surface area contributed by atoms with Gasteiger partial charge in [0.15, 0.2) is 0 Å². The summed E-state index contributed by atoms with van der Waals surface area (Å²) in [6, 6.07) is 14.3. The first-order valence-electron chi connectivity index (χ1n) is 19.5. The molecule has 2 saturated carbocycles. The number of fused-ring (bicyclic) bond motifs is 5. The van der Waals surface area contributed by atoms with Crippen molar-refractivity contribution >= 4 is 55.3 Å². The van der Waals surface area contributed by atoms with Crippen molar-refractivity contribution in [2.24, 2.45) is 13.0 Å². The number of nitrogens with zero attached hydrogens (tertiary/aromatic N) is 4. The summed E-state index contributed by atoms with van der Waals surface area (Å²) < 4.78 is 66.7. The molecule has 4 aliphatic rings. The number of halogens is 2. The van der Waals surface area contributed by atoms with Crippen LogP contribution in [-0.4, -0.2) is 93.2 Å². The van der Waals surface area contributed by atoms with Gasteiger partial charge in [0.2, 0.25) is 33.6 Å². The molecule has 2 aromatic carbocycles. The van der Waals surface area contributed by atoms with Gasteiger partial charge in [-0.3, -0.25) is 28.6 Å². The maximum atomic E-state index is 15.4. The number of carbonyl (C=O) groups excluding carboxylic acids is 4. The third-order valence-corrected chi connectivity index (χ3v) is 13.6. The molecule has 0 radical (unpaired) electrons. The van der Waals surface area contributed by atoms with Crippen molar-refractivity contribution in [3.8, 4) is 5.88 Å². The molecule has 14 nitrogen and oxygen atoms in total. The van der Waals surface area contributed by atoms with E-state index in [0.717, 1.165) is 10.8 Å². The first-order chi connectivity index (χ1) is 27.1. The van der Waals surface area contributed by atoms with Crippen molar-refractivity contribution < 1.29 is 41.1 Å². The van der Waals surface area contributed by atoms with Crippen LogP contribution in [0.5, 0.6) is 5.88 Å². The van der Waals surface area contributed by atoms with Crippen LogP contribution in [0.3, 0.4) is 0 Å². The van der Waals surface area contributed by atoms with E-state index in [2.05, 4.69) is 20.5 Å². The van der Waals surface area contributed by atoms with Gasteiger partial charge in [-0.1, -0.05) is 49.2 Å². The smallest absolute Gasteiger partial charge is 0.272 e. The molecule has 0 unspecified atom stereocenters. The monoisotopic (exact) mass is 805 g/mol. The van der Waals surface area contributed by atoms with Gasteiger partial charge in [-0.05, 0) is 68.5 Å². The number of aryl methyl sites for hydroxylation is 2. The molecule has 4 heterocycles. The van der Waals surface area contributed by atoms with E-state index < -0.39 is 87.3 Å². The second-order valence-corrected chi connectivity index (χ2v) is 17.9. The van der Waals surface area contributed by atoms with Crippen molar-refractivity contribution in [3.63, 3.8) is 0 Å². The zero-order chi connectivity index (χ0) is 40.3. The number of amides is 4. The van der Waals surface area contributed by atoms with Crippen molar-refractivity contribution in [2.75, 3.05) is 6.54 Å². The van der Waals surface area contributed by atoms with Gasteiger partial charge in [-0.25, -0.2) is 22.2 Å². The van der Waals surface area contributed by atoms with E-state index >= 15 is 8.78 Å². The zero-order valence-corrected chi connectivity index (χ0v) is 32.5. The van der Waals surface area contributed by atoms with Crippen molar-refractivity contribution in [3.05, 3.63) is 66.0 Å². The van der Waals surface area contributed by atoms with E-state index in [4.69, 9.17) is 9.72 Å². The molecule has 0 spiro atoms. The molecule has 2 aliphatic carbocycles. The molecular formula is C40H45F2N7O7S. The number of aromatic nitrogens is 3. The van der Waals surface area contributed by atoms with Crippen LogP contribution >= 0.6 is 0 Å². The summed E-state index contributed by atoms with van der Waals surface area (Å²) in [5.74, 6) is -7.08. The van der Waals surface area contributed by atoms with Crippen LogP contribution in [0, 0.1) is 12.8 Å². The van der Waals surface area contributed by atoms with Gasteiger partial charge < -0.3 is 20.3 Å². The maximum Gasteiger partial charge on any atom is 0.272 e. The molecular weight excluding hydrogens is 761 g/mol. The molecule has 5 atom stereocenters.